The molecule has 0 aliphatic carbocycles. The van der Waals surface area contributed by atoms with Crippen LogP contribution in [0.2, 0.25) is 5.02 Å². The number of halogens is 1. The van der Waals surface area contributed by atoms with E-state index in [9.17, 15) is 28.1 Å². The van der Waals surface area contributed by atoms with E-state index in [1.165, 1.54) is 49.6 Å². The lowest BCUT2D eigenvalue weighted by molar-refractivity contribution is -0.387. The van der Waals surface area contributed by atoms with E-state index in [1.807, 2.05) is 0 Å². The Bertz CT molecular complexity index is 1350. The number of nitro groups is 1. The molecule has 34 heavy (non-hydrogen) atoms. The summed E-state index contributed by atoms with van der Waals surface area (Å²) < 4.78 is 32.3. The van der Waals surface area contributed by atoms with Gasteiger partial charge < -0.3 is 10.1 Å². The Labute approximate surface area is 199 Å². The van der Waals surface area contributed by atoms with Gasteiger partial charge in [-0.15, -0.1) is 0 Å². The minimum absolute atomic E-state index is 0.00872. The van der Waals surface area contributed by atoms with Crippen LogP contribution in [0, 0.1) is 10.1 Å². The summed E-state index contributed by atoms with van der Waals surface area (Å²) >= 11 is 5.98. The molecule has 10 nitrogen and oxygen atoms in total. The van der Waals surface area contributed by atoms with Crippen molar-refractivity contribution in [3.8, 4) is 0 Å². The third-order valence-corrected chi connectivity index (χ3v) is 6.77. The fourth-order valence-corrected chi connectivity index (χ4v) is 4.83. The zero-order chi connectivity index (χ0) is 24.9. The van der Waals surface area contributed by atoms with Crippen LogP contribution >= 0.6 is 11.6 Å². The average molecular weight is 504 g/mol. The fraction of sp³-hybridized carbons (Fsp3) is 0.0909. The first kappa shape index (κ1) is 24.7. The van der Waals surface area contributed by atoms with Crippen molar-refractivity contribution in [2.75, 3.05) is 23.3 Å². The Balaban J connectivity index is 1.97. The summed E-state index contributed by atoms with van der Waals surface area (Å²) in [6.07, 6.45) is 0. The lowest BCUT2D eigenvalue weighted by Gasteiger charge is -2.24. The quantitative estimate of drug-likeness (QED) is 0.280. The van der Waals surface area contributed by atoms with Crippen molar-refractivity contribution in [3.05, 3.63) is 93.5 Å². The number of para-hydroxylation sites is 2. The number of methoxy groups -OCH3 is 1. The van der Waals surface area contributed by atoms with Crippen molar-refractivity contribution in [3.63, 3.8) is 0 Å². The van der Waals surface area contributed by atoms with Gasteiger partial charge in [0.25, 0.3) is 15.7 Å². The molecule has 3 aromatic rings. The molecule has 0 bridgehead atoms. The molecule has 0 fully saturated rings. The van der Waals surface area contributed by atoms with Gasteiger partial charge in [0.05, 0.1) is 28.3 Å². The third kappa shape index (κ3) is 5.33. The maximum absolute atomic E-state index is 13.4. The summed E-state index contributed by atoms with van der Waals surface area (Å²) in [5, 5.41) is 14.0. The van der Waals surface area contributed by atoms with Crippen molar-refractivity contribution in [1.29, 1.82) is 0 Å². The molecule has 0 unspecified atom stereocenters. The Kier molecular flexibility index (Phi) is 7.49. The van der Waals surface area contributed by atoms with E-state index >= 15 is 0 Å². The second-order valence-corrected chi connectivity index (χ2v) is 9.04. The molecule has 1 N–H and O–H groups in total. The van der Waals surface area contributed by atoms with Gasteiger partial charge in [0.15, 0.2) is 4.90 Å². The molecule has 0 aliphatic heterocycles. The zero-order valence-corrected chi connectivity index (χ0v) is 19.2. The number of carbonyl (C=O) groups excluding carboxylic acids is 2. The predicted octanol–water partition coefficient (Wildman–Crippen LogP) is 3.87. The number of esters is 1. The summed E-state index contributed by atoms with van der Waals surface area (Å²) in [4.78, 5) is 34.7. The summed E-state index contributed by atoms with van der Waals surface area (Å²) in [6, 6.07) is 16.7. The third-order valence-electron chi connectivity index (χ3n) is 4.62. The number of benzene rings is 3. The van der Waals surface area contributed by atoms with Crippen LogP contribution in [-0.4, -0.2) is 38.9 Å². The zero-order valence-electron chi connectivity index (χ0n) is 17.7. The molecule has 0 aliphatic rings. The molecule has 0 radical (unpaired) electrons. The second-order valence-electron chi connectivity index (χ2n) is 6.81. The molecule has 3 aromatic carbocycles. The smallest absolute Gasteiger partial charge is 0.339 e. The lowest BCUT2D eigenvalue weighted by Crippen LogP contribution is -2.38. The van der Waals surface area contributed by atoms with Crippen molar-refractivity contribution in [2.45, 2.75) is 4.90 Å². The topological polar surface area (TPSA) is 136 Å². The molecule has 0 atom stereocenters. The molecule has 0 saturated heterocycles. The van der Waals surface area contributed by atoms with Crippen LogP contribution in [0.1, 0.15) is 10.4 Å². The molecule has 0 heterocycles. The van der Waals surface area contributed by atoms with Crippen molar-refractivity contribution in [1.82, 2.24) is 0 Å². The van der Waals surface area contributed by atoms with E-state index in [1.54, 1.807) is 18.2 Å². The minimum atomic E-state index is -4.51. The first-order chi connectivity index (χ1) is 16.1. The lowest BCUT2D eigenvalue weighted by atomic mass is 10.2. The Hall–Kier alpha value is -3.96. The highest BCUT2D eigenvalue weighted by Crippen LogP contribution is 2.30. The van der Waals surface area contributed by atoms with Gasteiger partial charge in [-0.05, 0) is 36.4 Å². The van der Waals surface area contributed by atoms with Gasteiger partial charge in [-0.25, -0.2) is 13.2 Å². The van der Waals surface area contributed by atoms with E-state index < -0.39 is 44.0 Å². The van der Waals surface area contributed by atoms with E-state index in [-0.39, 0.29) is 22.0 Å². The SMILES string of the molecule is COC(=O)c1cc(NC(=O)CN(c2ccccc2)S(=O)(=O)c2ccccc2[N+](=O)[O-])ccc1Cl. The summed E-state index contributed by atoms with van der Waals surface area (Å²) in [7, 11) is -3.34. The summed E-state index contributed by atoms with van der Waals surface area (Å²) in [6.45, 7) is -0.700. The van der Waals surface area contributed by atoms with Gasteiger partial charge in [-0.2, -0.15) is 0 Å². The van der Waals surface area contributed by atoms with Crippen LogP contribution in [0.3, 0.4) is 0 Å². The predicted molar refractivity (Wildman–Crippen MR) is 125 cm³/mol. The van der Waals surface area contributed by atoms with Gasteiger partial charge in [0.2, 0.25) is 5.91 Å². The number of rotatable bonds is 8. The fourth-order valence-electron chi connectivity index (χ4n) is 3.05. The van der Waals surface area contributed by atoms with Gasteiger partial charge in [-0.3, -0.25) is 19.2 Å². The molecule has 3 rings (SSSR count). The molecule has 0 saturated carbocycles. The monoisotopic (exact) mass is 503 g/mol. The Morgan fingerprint density at radius 3 is 2.35 bits per heavy atom. The maximum Gasteiger partial charge on any atom is 0.339 e. The number of ether oxygens (including phenoxy) is 1. The van der Waals surface area contributed by atoms with Crippen molar-refractivity contribution in [2.24, 2.45) is 0 Å². The van der Waals surface area contributed by atoms with Crippen LogP contribution in [0.25, 0.3) is 0 Å². The molecule has 0 aromatic heterocycles. The molecule has 12 heteroatoms. The first-order valence-corrected chi connectivity index (χ1v) is 11.5. The summed E-state index contributed by atoms with van der Waals surface area (Å²) in [5.74, 6) is -1.48. The average Bonchev–Trinajstić information content (AvgIpc) is 2.83. The molecule has 1 amide bonds. The standard InChI is InChI=1S/C22H18ClN3O7S/c1-33-22(28)17-13-15(11-12-18(17)23)24-21(27)14-25(16-7-3-2-4-8-16)34(31,32)20-10-6-5-9-19(20)26(29)30/h2-13H,14H2,1H3,(H,24,27). The number of anilines is 2. The summed E-state index contributed by atoms with van der Waals surface area (Å²) in [5.41, 5.74) is -0.313. The largest absolute Gasteiger partial charge is 0.465 e. The van der Waals surface area contributed by atoms with Gasteiger partial charge in [-0.1, -0.05) is 41.9 Å². The highest BCUT2D eigenvalue weighted by molar-refractivity contribution is 7.93. The first-order valence-electron chi connectivity index (χ1n) is 9.64. The number of hydrogen-bond acceptors (Lipinski definition) is 7. The van der Waals surface area contributed by atoms with Crippen molar-refractivity contribution >= 4 is 50.6 Å². The number of hydrogen-bond donors (Lipinski definition) is 1. The number of nitrogens with one attached hydrogen (secondary N) is 1. The molecule has 0 spiro atoms. The Morgan fingerprint density at radius 1 is 1.06 bits per heavy atom. The number of carbonyl (C=O) groups is 2. The van der Waals surface area contributed by atoms with Gasteiger partial charge >= 0.3 is 5.97 Å². The van der Waals surface area contributed by atoms with Gasteiger partial charge in [0, 0.05) is 11.8 Å². The number of nitro benzene ring substituents is 1. The maximum atomic E-state index is 13.4. The number of amides is 1. The van der Waals surface area contributed by atoms with E-state index in [0.29, 0.717) is 0 Å². The van der Waals surface area contributed by atoms with Crippen molar-refractivity contribution < 1.29 is 27.7 Å². The van der Waals surface area contributed by atoms with Crippen LogP contribution in [-0.2, 0) is 19.6 Å². The number of nitrogens with zero attached hydrogens (tertiary/aromatic N) is 2. The molecular weight excluding hydrogens is 486 g/mol. The van der Waals surface area contributed by atoms with E-state index in [2.05, 4.69) is 10.1 Å². The van der Waals surface area contributed by atoms with E-state index in [4.69, 9.17) is 11.6 Å². The normalized spacial score (nSPS) is 10.9. The molecular formula is C22H18ClN3O7S. The minimum Gasteiger partial charge on any atom is -0.465 e. The van der Waals surface area contributed by atoms with E-state index in [0.717, 1.165) is 16.4 Å². The molecule has 176 valence electrons. The Morgan fingerprint density at radius 2 is 1.71 bits per heavy atom. The number of sulfonamides is 1. The second kappa shape index (κ2) is 10.3. The van der Waals surface area contributed by atoms with Crippen LogP contribution in [0.15, 0.2) is 77.7 Å². The van der Waals surface area contributed by atoms with Crippen LogP contribution < -0.4 is 9.62 Å². The van der Waals surface area contributed by atoms with Gasteiger partial charge in [0.1, 0.15) is 6.54 Å². The van der Waals surface area contributed by atoms with Crippen LogP contribution in [0.5, 0.6) is 0 Å². The highest BCUT2D eigenvalue weighted by atomic mass is 35.5. The highest BCUT2D eigenvalue weighted by Gasteiger charge is 2.33. The van der Waals surface area contributed by atoms with Crippen LogP contribution in [0.4, 0.5) is 17.1 Å².